The van der Waals surface area contributed by atoms with Gasteiger partial charge in [0.2, 0.25) is 5.95 Å². The van der Waals surface area contributed by atoms with E-state index in [9.17, 15) is 0 Å². The van der Waals surface area contributed by atoms with Gasteiger partial charge in [0, 0.05) is 4.47 Å². The van der Waals surface area contributed by atoms with Crippen LogP contribution >= 0.6 is 15.9 Å². The molecule has 4 heteroatoms. The Morgan fingerprint density at radius 1 is 1.05 bits per heavy atom. The smallest absolute Gasteiger partial charge is 0.205 e. The Morgan fingerprint density at radius 3 is 2.53 bits per heavy atom. The lowest BCUT2D eigenvalue weighted by molar-refractivity contribution is 1.09. The largest absolute Gasteiger partial charge is 0.369 e. The van der Waals surface area contributed by atoms with Gasteiger partial charge in [0.1, 0.15) is 0 Å². The van der Waals surface area contributed by atoms with Crippen molar-refractivity contribution in [2.45, 2.75) is 13.8 Å². The monoisotopic (exact) mass is 315 g/mol. The molecule has 0 fully saturated rings. The number of nitrogen functional groups attached to an aromatic ring is 1. The molecule has 3 aromatic rings. The highest BCUT2D eigenvalue weighted by molar-refractivity contribution is 9.10. The maximum absolute atomic E-state index is 6.10. The molecule has 0 bridgehead atoms. The Labute approximate surface area is 120 Å². The number of halogens is 1. The summed E-state index contributed by atoms with van der Waals surface area (Å²) in [5.41, 5.74) is 11.4. The second kappa shape index (κ2) is 4.38. The summed E-state index contributed by atoms with van der Waals surface area (Å²) in [7, 11) is 0. The average Bonchev–Trinajstić information content (AvgIpc) is 2.71. The van der Waals surface area contributed by atoms with Crippen molar-refractivity contribution < 1.29 is 0 Å². The van der Waals surface area contributed by atoms with Gasteiger partial charge < -0.3 is 5.73 Å². The third-order valence-corrected chi connectivity index (χ3v) is 4.36. The second-order valence-electron chi connectivity index (χ2n) is 4.66. The summed E-state index contributed by atoms with van der Waals surface area (Å²) in [4.78, 5) is 4.48. The molecule has 1 aromatic heterocycles. The van der Waals surface area contributed by atoms with E-state index in [2.05, 4.69) is 33.9 Å². The van der Waals surface area contributed by atoms with E-state index in [4.69, 9.17) is 5.73 Å². The molecule has 96 valence electrons. The highest BCUT2D eigenvalue weighted by Gasteiger charge is 2.14. The Hall–Kier alpha value is -1.81. The van der Waals surface area contributed by atoms with E-state index in [1.165, 1.54) is 5.56 Å². The quantitative estimate of drug-likeness (QED) is 0.738. The number of para-hydroxylation sites is 1. The van der Waals surface area contributed by atoms with Crippen LogP contribution in [0, 0.1) is 13.8 Å². The summed E-state index contributed by atoms with van der Waals surface area (Å²) in [5.74, 6) is 0.510. The lowest BCUT2D eigenvalue weighted by Crippen LogP contribution is -2.02. The Morgan fingerprint density at radius 2 is 1.74 bits per heavy atom. The maximum Gasteiger partial charge on any atom is 0.205 e. The van der Waals surface area contributed by atoms with Gasteiger partial charge >= 0.3 is 0 Å². The highest BCUT2D eigenvalue weighted by Crippen LogP contribution is 2.31. The van der Waals surface area contributed by atoms with E-state index in [0.29, 0.717) is 5.95 Å². The van der Waals surface area contributed by atoms with Crippen LogP contribution in [-0.4, -0.2) is 9.55 Å². The van der Waals surface area contributed by atoms with Crippen LogP contribution in [0.1, 0.15) is 11.1 Å². The number of rotatable bonds is 1. The number of fused-ring (bicyclic) bond motifs is 1. The molecular weight excluding hydrogens is 302 g/mol. The zero-order valence-electron chi connectivity index (χ0n) is 10.8. The van der Waals surface area contributed by atoms with Crippen molar-refractivity contribution in [1.82, 2.24) is 9.55 Å². The average molecular weight is 316 g/mol. The molecular formula is C15H14BrN3. The normalized spacial score (nSPS) is 11.1. The number of aromatic nitrogens is 2. The number of anilines is 1. The molecule has 19 heavy (non-hydrogen) atoms. The predicted octanol–water partition coefficient (Wildman–Crippen LogP) is 3.99. The molecule has 0 spiro atoms. The van der Waals surface area contributed by atoms with Crippen molar-refractivity contribution in [2.75, 3.05) is 5.73 Å². The van der Waals surface area contributed by atoms with Crippen molar-refractivity contribution in [2.24, 2.45) is 0 Å². The van der Waals surface area contributed by atoms with E-state index in [0.717, 1.165) is 26.8 Å². The minimum Gasteiger partial charge on any atom is -0.369 e. The van der Waals surface area contributed by atoms with E-state index < -0.39 is 0 Å². The number of benzene rings is 2. The fourth-order valence-corrected chi connectivity index (χ4v) is 2.76. The van der Waals surface area contributed by atoms with Crippen molar-refractivity contribution in [3.63, 3.8) is 0 Å². The summed E-state index contributed by atoms with van der Waals surface area (Å²) >= 11 is 3.64. The SMILES string of the molecule is Cc1cccc(-n2c(N)nc3c(C)cccc32)c1Br. The second-order valence-corrected chi connectivity index (χ2v) is 5.45. The molecule has 0 radical (unpaired) electrons. The van der Waals surface area contributed by atoms with Crippen LogP contribution in [0.3, 0.4) is 0 Å². The van der Waals surface area contributed by atoms with E-state index in [-0.39, 0.29) is 0 Å². The van der Waals surface area contributed by atoms with Crippen molar-refractivity contribution in [3.8, 4) is 5.69 Å². The Balaban J connectivity index is 2.40. The summed E-state index contributed by atoms with van der Waals surface area (Å²) in [6.45, 7) is 4.11. The molecule has 0 unspecified atom stereocenters. The first-order valence-electron chi connectivity index (χ1n) is 6.08. The van der Waals surface area contributed by atoms with Crippen LogP contribution in [0.5, 0.6) is 0 Å². The van der Waals surface area contributed by atoms with Gasteiger partial charge in [-0.3, -0.25) is 4.57 Å². The van der Waals surface area contributed by atoms with Gasteiger partial charge in [-0.1, -0.05) is 24.3 Å². The lowest BCUT2D eigenvalue weighted by Gasteiger charge is -2.10. The van der Waals surface area contributed by atoms with Gasteiger partial charge in [-0.25, -0.2) is 4.98 Å². The number of hydrogen-bond donors (Lipinski definition) is 1. The van der Waals surface area contributed by atoms with Gasteiger partial charge in [0.05, 0.1) is 16.7 Å². The molecule has 0 aliphatic rings. The molecule has 0 saturated heterocycles. The molecule has 3 nitrogen and oxygen atoms in total. The third-order valence-electron chi connectivity index (χ3n) is 3.33. The summed E-state index contributed by atoms with van der Waals surface area (Å²) in [6.07, 6.45) is 0. The minimum absolute atomic E-state index is 0.510. The van der Waals surface area contributed by atoms with E-state index >= 15 is 0 Å². The topological polar surface area (TPSA) is 43.8 Å². The van der Waals surface area contributed by atoms with Gasteiger partial charge in [0.15, 0.2) is 0 Å². The summed E-state index contributed by atoms with van der Waals surface area (Å²) in [6, 6.07) is 12.2. The standard InChI is InChI=1S/C15H14BrN3/c1-9-5-3-7-11(13(9)16)19-12-8-4-6-10(2)14(12)18-15(19)17/h3-8H,1-2H3,(H2,17,18). The molecule has 2 aromatic carbocycles. The van der Waals surface area contributed by atoms with Gasteiger partial charge in [-0.2, -0.15) is 0 Å². The Kier molecular flexibility index (Phi) is 2.82. The molecule has 3 rings (SSSR count). The zero-order chi connectivity index (χ0) is 13.6. The lowest BCUT2D eigenvalue weighted by atomic mass is 10.2. The van der Waals surface area contributed by atoms with Crippen LogP contribution in [0.2, 0.25) is 0 Å². The summed E-state index contributed by atoms with van der Waals surface area (Å²) in [5, 5.41) is 0. The van der Waals surface area contributed by atoms with Gasteiger partial charge in [-0.05, 0) is 53.0 Å². The molecule has 0 amide bonds. The molecule has 0 saturated carbocycles. The van der Waals surface area contributed by atoms with Crippen LogP contribution in [0.4, 0.5) is 5.95 Å². The number of aryl methyl sites for hydroxylation is 2. The first-order valence-corrected chi connectivity index (χ1v) is 6.88. The molecule has 0 atom stereocenters. The van der Waals surface area contributed by atoms with Crippen LogP contribution < -0.4 is 5.73 Å². The van der Waals surface area contributed by atoms with E-state index in [1.807, 2.05) is 41.8 Å². The maximum atomic E-state index is 6.10. The number of hydrogen-bond acceptors (Lipinski definition) is 2. The zero-order valence-corrected chi connectivity index (χ0v) is 12.4. The number of nitrogens with zero attached hydrogens (tertiary/aromatic N) is 2. The Bertz CT molecular complexity index is 774. The van der Waals surface area contributed by atoms with Crippen LogP contribution in [0.25, 0.3) is 16.7 Å². The third kappa shape index (κ3) is 1.83. The first kappa shape index (κ1) is 12.2. The van der Waals surface area contributed by atoms with Crippen molar-refractivity contribution in [1.29, 1.82) is 0 Å². The number of imidazole rings is 1. The van der Waals surface area contributed by atoms with Crippen LogP contribution in [-0.2, 0) is 0 Å². The molecule has 0 aliphatic heterocycles. The van der Waals surface area contributed by atoms with Crippen molar-refractivity contribution >= 4 is 32.9 Å². The fourth-order valence-electron chi connectivity index (χ4n) is 2.32. The van der Waals surface area contributed by atoms with E-state index in [1.54, 1.807) is 0 Å². The molecule has 1 heterocycles. The van der Waals surface area contributed by atoms with Crippen molar-refractivity contribution in [3.05, 3.63) is 52.0 Å². The highest BCUT2D eigenvalue weighted by atomic mass is 79.9. The fraction of sp³-hybridized carbons (Fsp3) is 0.133. The first-order chi connectivity index (χ1) is 9.09. The van der Waals surface area contributed by atoms with Gasteiger partial charge in [-0.15, -0.1) is 0 Å². The van der Waals surface area contributed by atoms with Gasteiger partial charge in [0.25, 0.3) is 0 Å². The molecule has 0 aliphatic carbocycles. The number of nitrogens with two attached hydrogens (primary N) is 1. The summed E-state index contributed by atoms with van der Waals surface area (Å²) < 4.78 is 3.03. The minimum atomic E-state index is 0.510. The van der Waals surface area contributed by atoms with Crippen LogP contribution in [0.15, 0.2) is 40.9 Å². The predicted molar refractivity (Wildman–Crippen MR) is 82.7 cm³/mol. The molecule has 2 N–H and O–H groups in total.